The standard InChI is InChI=1S/C16H18N2O2/c1-11(19)17-12-5-7-13(8-6-12)18-10-9-14-15(18)3-2-4-16(14)20/h5-10,16,20H,2-4H2,1H3,(H,17,19). The highest BCUT2D eigenvalue weighted by Crippen LogP contribution is 2.32. The topological polar surface area (TPSA) is 54.3 Å². The fraction of sp³-hybridized carbons (Fsp3) is 0.312. The first-order valence-electron chi connectivity index (χ1n) is 6.91. The molecule has 1 heterocycles. The van der Waals surface area contributed by atoms with Crippen LogP contribution in [0.1, 0.15) is 37.1 Å². The molecular formula is C16H18N2O2. The fourth-order valence-electron chi connectivity index (χ4n) is 2.82. The van der Waals surface area contributed by atoms with Crippen LogP contribution in [0.25, 0.3) is 5.69 Å². The number of nitrogens with one attached hydrogen (secondary N) is 1. The lowest BCUT2D eigenvalue weighted by Gasteiger charge is -2.20. The summed E-state index contributed by atoms with van der Waals surface area (Å²) in [6.07, 6.45) is 4.53. The van der Waals surface area contributed by atoms with Gasteiger partial charge in [0, 0.05) is 35.8 Å². The molecule has 4 nitrogen and oxygen atoms in total. The zero-order valence-corrected chi connectivity index (χ0v) is 11.5. The molecule has 0 saturated heterocycles. The second-order valence-electron chi connectivity index (χ2n) is 5.22. The number of aliphatic hydroxyl groups excluding tert-OH is 1. The van der Waals surface area contributed by atoms with Crippen LogP contribution in [0, 0.1) is 0 Å². The summed E-state index contributed by atoms with van der Waals surface area (Å²) in [5.41, 5.74) is 4.08. The number of nitrogens with zero attached hydrogens (tertiary/aromatic N) is 1. The molecule has 0 bridgehead atoms. The third-order valence-electron chi connectivity index (χ3n) is 3.74. The van der Waals surface area contributed by atoms with Crippen LogP contribution in [0.2, 0.25) is 0 Å². The van der Waals surface area contributed by atoms with Gasteiger partial charge in [-0.05, 0) is 49.6 Å². The third-order valence-corrected chi connectivity index (χ3v) is 3.74. The Hall–Kier alpha value is -2.07. The summed E-state index contributed by atoms with van der Waals surface area (Å²) in [4.78, 5) is 11.0. The summed E-state index contributed by atoms with van der Waals surface area (Å²) in [5.74, 6) is -0.0702. The number of carbonyl (C=O) groups excluding carboxylic acids is 1. The Morgan fingerprint density at radius 1 is 1.30 bits per heavy atom. The SMILES string of the molecule is CC(=O)Nc1ccc(-n2ccc3c2CCCC3O)cc1. The highest BCUT2D eigenvalue weighted by Gasteiger charge is 2.21. The van der Waals surface area contributed by atoms with Crippen molar-refractivity contribution in [1.82, 2.24) is 4.57 Å². The van der Waals surface area contributed by atoms with Crippen molar-refractivity contribution in [3.05, 3.63) is 47.8 Å². The van der Waals surface area contributed by atoms with E-state index >= 15 is 0 Å². The molecule has 1 aromatic heterocycles. The van der Waals surface area contributed by atoms with Gasteiger partial charge in [-0.1, -0.05) is 0 Å². The van der Waals surface area contributed by atoms with Crippen LogP contribution in [0.15, 0.2) is 36.5 Å². The highest BCUT2D eigenvalue weighted by molar-refractivity contribution is 5.88. The van der Waals surface area contributed by atoms with Crippen LogP contribution in [-0.4, -0.2) is 15.6 Å². The summed E-state index contributed by atoms with van der Waals surface area (Å²) in [7, 11) is 0. The monoisotopic (exact) mass is 270 g/mol. The van der Waals surface area contributed by atoms with Gasteiger partial charge in [-0.2, -0.15) is 0 Å². The maximum Gasteiger partial charge on any atom is 0.221 e. The Morgan fingerprint density at radius 2 is 2.05 bits per heavy atom. The predicted molar refractivity (Wildman–Crippen MR) is 78.0 cm³/mol. The van der Waals surface area contributed by atoms with Crippen molar-refractivity contribution in [3.63, 3.8) is 0 Å². The first-order valence-corrected chi connectivity index (χ1v) is 6.91. The van der Waals surface area contributed by atoms with Crippen LogP contribution >= 0.6 is 0 Å². The number of carbonyl (C=O) groups is 1. The van der Waals surface area contributed by atoms with E-state index in [1.54, 1.807) is 0 Å². The van der Waals surface area contributed by atoms with Gasteiger partial charge in [0.2, 0.25) is 5.91 Å². The minimum absolute atomic E-state index is 0.0702. The molecule has 0 fully saturated rings. The van der Waals surface area contributed by atoms with Crippen LogP contribution in [-0.2, 0) is 11.2 Å². The Labute approximate surface area is 118 Å². The van der Waals surface area contributed by atoms with E-state index in [2.05, 4.69) is 9.88 Å². The Kier molecular flexibility index (Phi) is 3.32. The Morgan fingerprint density at radius 3 is 2.75 bits per heavy atom. The second-order valence-corrected chi connectivity index (χ2v) is 5.22. The van der Waals surface area contributed by atoms with Crippen LogP contribution in [0.4, 0.5) is 5.69 Å². The first kappa shape index (κ1) is 12.9. The lowest BCUT2D eigenvalue weighted by atomic mass is 9.95. The van der Waals surface area contributed by atoms with E-state index in [1.807, 2.05) is 36.5 Å². The maximum atomic E-state index is 11.0. The molecule has 0 saturated carbocycles. The van der Waals surface area contributed by atoms with Gasteiger partial charge in [0.15, 0.2) is 0 Å². The number of hydrogen-bond acceptors (Lipinski definition) is 2. The van der Waals surface area contributed by atoms with Gasteiger partial charge in [0.1, 0.15) is 0 Å². The van der Waals surface area contributed by atoms with Gasteiger partial charge in [0.25, 0.3) is 0 Å². The number of fused-ring (bicyclic) bond motifs is 1. The summed E-state index contributed by atoms with van der Waals surface area (Å²) in [5, 5.41) is 12.8. The van der Waals surface area contributed by atoms with E-state index < -0.39 is 0 Å². The predicted octanol–water partition coefficient (Wildman–Crippen LogP) is 2.81. The molecule has 1 atom stereocenters. The molecule has 20 heavy (non-hydrogen) atoms. The summed E-state index contributed by atoms with van der Waals surface area (Å²) < 4.78 is 2.12. The number of amides is 1. The Balaban J connectivity index is 1.92. The largest absolute Gasteiger partial charge is 0.388 e. The summed E-state index contributed by atoms with van der Waals surface area (Å²) in [6.45, 7) is 1.50. The molecule has 1 aliphatic rings. The number of aromatic nitrogens is 1. The van der Waals surface area contributed by atoms with E-state index in [0.29, 0.717) is 0 Å². The quantitative estimate of drug-likeness (QED) is 0.881. The molecule has 3 rings (SSSR count). The molecule has 1 amide bonds. The van der Waals surface area contributed by atoms with Crippen LogP contribution < -0.4 is 5.32 Å². The van der Waals surface area contributed by atoms with Crippen molar-refractivity contribution in [2.24, 2.45) is 0 Å². The number of rotatable bonds is 2. The number of hydrogen-bond donors (Lipinski definition) is 2. The van der Waals surface area contributed by atoms with Crippen LogP contribution in [0.3, 0.4) is 0 Å². The lowest BCUT2D eigenvalue weighted by Crippen LogP contribution is -2.11. The van der Waals surface area contributed by atoms with Crippen molar-refractivity contribution in [2.45, 2.75) is 32.3 Å². The van der Waals surface area contributed by atoms with Gasteiger partial charge < -0.3 is 15.0 Å². The van der Waals surface area contributed by atoms with E-state index in [0.717, 1.165) is 36.2 Å². The molecular weight excluding hydrogens is 252 g/mol. The third kappa shape index (κ3) is 2.34. The average molecular weight is 270 g/mol. The highest BCUT2D eigenvalue weighted by atomic mass is 16.3. The van der Waals surface area contributed by atoms with Crippen molar-refractivity contribution in [2.75, 3.05) is 5.32 Å². The lowest BCUT2D eigenvalue weighted by molar-refractivity contribution is -0.114. The molecule has 104 valence electrons. The molecule has 2 aromatic rings. The minimum Gasteiger partial charge on any atom is -0.388 e. The molecule has 0 aliphatic heterocycles. The molecule has 1 aliphatic carbocycles. The summed E-state index contributed by atoms with van der Waals surface area (Å²) in [6, 6.07) is 9.74. The number of anilines is 1. The second kappa shape index (κ2) is 5.13. The van der Waals surface area contributed by atoms with Crippen LogP contribution in [0.5, 0.6) is 0 Å². The van der Waals surface area contributed by atoms with Gasteiger partial charge in [-0.15, -0.1) is 0 Å². The number of benzene rings is 1. The zero-order chi connectivity index (χ0) is 14.1. The molecule has 0 spiro atoms. The van der Waals surface area contributed by atoms with Crippen molar-refractivity contribution in [1.29, 1.82) is 0 Å². The van der Waals surface area contributed by atoms with E-state index in [1.165, 1.54) is 12.6 Å². The Bertz CT molecular complexity index is 628. The van der Waals surface area contributed by atoms with Crippen molar-refractivity contribution in [3.8, 4) is 5.69 Å². The van der Waals surface area contributed by atoms with Crippen molar-refractivity contribution < 1.29 is 9.90 Å². The van der Waals surface area contributed by atoms with E-state index in [-0.39, 0.29) is 12.0 Å². The zero-order valence-electron chi connectivity index (χ0n) is 11.5. The molecule has 1 aromatic carbocycles. The number of aliphatic hydroxyl groups is 1. The molecule has 1 unspecified atom stereocenters. The van der Waals surface area contributed by atoms with Gasteiger partial charge in [-0.3, -0.25) is 4.79 Å². The van der Waals surface area contributed by atoms with E-state index in [9.17, 15) is 9.90 Å². The van der Waals surface area contributed by atoms with Gasteiger partial charge in [0.05, 0.1) is 6.10 Å². The first-order chi connectivity index (χ1) is 9.65. The minimum atomic E-state index is -0.335. The maximum absolute atomic E-state index is 11.0. The van der Waals surface area contributed by atoms with Crippen molar-refractivity contribution >= 4 is 11.6 Å². The molecule has 2 N–H and O–H groups in total. The molecule has 4 heteroatoms. The average Bonchev–Trinajstić information content (AvgIpc) is 2.84. The smallest absolute Gasteiger partial charge is 0.221 e. The van der Waals surface area contributed by atoms with E-state index in [4.69, 9.17) is 0 Å². The summed E-state index contributed by atoms with van der Waals surface area (Å²) >= 11 is 0. The fourth-order valence-corrected chi connectivity index (χ4v) is 2.82. The normalized spacial score (nSPS) is 17.6. The van der Waals surface area contributed by atoms with Gasteiger partial charge >= 0.3 is 0 Å². The molecule has 0 radical (unpaired) electrons. The van der Waals surface area contributed by atoms with Gasteiger partial charge in [-0.25, -0.2) is 0 Å².